The number of nitrogens with two attached hydrogens (primary N) is 1. The molecular weight excluding hydrogens is 268 g/mol. The average Bonchev–Trinajstić information content (AvgIpc) is 3.14. The standard InChI is InChI=1S/C15H20N4O2/c16-8-12-9-17-15-13(6-3-7-19(12)15)21-10-14(20)18-11-4-1-2-5-11/h3,6-7,9,11H,1-2,4-5,8,10,16H2,(H,18,20). The van der Waals surface area contributed by atoms with Gasteiger partial charge in [0, 0.05) is 18.8 Å². The van der Waals surface area contributed by atoms with E-state index in [2.05, 4.69) is 10.3 Å². The molecule has 1 fully saturated rings. The number of pyridine rings is 1. The van der Waals surface area contributed by atoms with Crippen LogP contribution < -0.4 is 15.8 Å². The van der Waals surface area contributed by atoms with Crippen LogP contribution in [0.1, 0.15) is 31.4 Å². The molecule has 21 heavy (non-hydrogen) atoms. The normalized spacial score (nSPS) is 15.5. The van der Waals surface area contributed by atoms with Gasteiger partial charge in [-0.25, -0.2) is 4.98 Å². The zero-order chi connectivity index (χ0) is 14.7. The Balaban J connectivity index is 1.64. The Morgan fingerprint density at radius 3 is 3.05 bits per heavy atom. The molecular formula is C15H20N4O2. The van der Waals surface area contributed by atoms with E-state index in [1.54, 1.807) is 6.20 Å². The highest BCUT2D eigenvalue weighted by Crippen LogP contribution is 2.20. The molecule has 6 heteroatoms. The lowest BCUT2D eigenvalue weighted by atomic mass is 10.2. The van der Waals surface area contributed by atoms with Gasteiger partial charge in [0.05, 0.1) is 11.9 Å². The molecule has 2 aromatic rings. The third-order valence-electron chi connectivity index (χ3n) is 3.86. The summed E-state index contributed by atoms with van der Waals surface area (Å²) in [5.41, 5.74) is 7.25. The first-order chi connectivity index (χ1) is 10.3. The Labute approximate surface area is 123 Å². The second-order valence-electron chi connectivity index (χ2n) is 5.36. The van der Waals surface area contributed by atoms with Crippen molar-refractivity contribution in [2.45, 2.75) is 38.3 Å². The van der Waals surface area contributed by atoms with Crippen molar-refractivity contribution in [1.29, 1.82) is 0 Å². The molecule has 6 nitrogen and oxygen atoms in total. The zero-order valence-electron chi connectivity index (χ0n) is 11.9. The van der Waals surface area contributed by atoms with Crippen molar-refractivity contribution in [1.82, 2.24) is 14.7 Å². The summed E-state index contributed by atoms with van der Waals surface area (Å²) in [6.07, 6.45) is 8.14. The van der Waals surface area contributed by atoms with Crippen LogP contribution in [0.2, 0.25) is 0 Å². The van der Waals surface area contributed by atoms with Crippen molar-refractivity contribution in [2.75, 3.05) is 6.61 Å². The quantitative estimate of drug-likeness (QED) is 0.867. The fraction of sp³-hybridized carbons (Fsp3) is 0.467. The molecule has 0 atom stereocenters. The van der Waals surface area contributed by atoms with Crippen LogP contribution in [-0.2, 0) is 11.3 Å². The third kappa shape index (κ3) is 3.00. The van der Waals surface area contributed by atoms with Gasteiger partial charge in [0.2, 0.25) is 0 Å². The van der Waals surface area contributed by atoms with E-state index in [-0.39, 0.29) is 12.5 Å². The van der Waals surface area contributed by atoms with Crippen LogP contribution in [0.15, 0.2) is 24.5 Å². The van der Waals surface area contributed by atoms with Crippen molar-refractivity contribution < 1.29 is 9.53 Å². The fourth-order valence-electron chi connectivity index (χ4n) is 2.78. The summed E-state index contributed by atoms with van der Waals surface area (Å²) in [6, 6.07) is 3.98. The van der Waals surface area contributed by atoms with Gasteiger partial charge in [-0.2, -0.15) is 0 Å². The number of hydrogen-bond donors (Lipinski definition) is 2. The minimum absolute atomic E-state index is 0.0149. The number of nitrogens with zero attached hydrogens (tertiary/aromatic N) is 2. The predicted octanol–water partition coefficient (Wildman–Crippen LogP) is 1.23. The lowest BCUT2D eigenvalue weighted by Gasteiger charge is -2.12. The molecule has 0 saturated heterocycles. The van der Waals surface area contributed by atoms with Crippen molar-refractivity contribution in [3.05, 3.63) is 30.2 Å². The second kappa shape index (κ2) is 6.13. The number of carbonyl (C=O) groups excluding carboxylic acids is 1. The smallest absolute Gasteiger partial charge is 0.258 e. The van der Waals surface area contributed by atoms with Gasteiger partial charge in [-0.05, 0) is 25.0 Å². The van der Waals surface area contributed by atoms with E-state index in [0.717, 1.165) is 18.5 Å². The van der Waals surface area contributed by atoms with E-state index in [9.17, 15) is 4.79 Å². The summed E-state index contributed by atoms with van der Waals surface area (Å²) in [6.45, 7) is 0.424. The van der Waals surface area contributed by atoms with Crippen LogP contribution in [0, 0.1) is 0 Å². The third-order valence-corrected chi connectivity index (χ3v) is 3.86. The number of amides is 1. The van der Waals surface area contributed by atoms with Gasteiger partial charge < -0.3 is 15.8 Å². The number of ether oxygens (including phenoxy) is 1. The van der Waals surface area contributed by atoms with Crippen molar-refractivity contribution in [3.63, 3.8) is 0 Å². The first kappa shape index (κ1) is 13.9. The number of hydrogen-bond acceptors (Lipinski definition) is 4. The van der Waals surface area contributed by atoms with Crippen LogP contribution in [0.25, 0.3) is 5.65 Å². The number of rotatable bonds is 5. The number of imidazole rings is 1. The summed E-state index contributed by atoms with van der Waals surface area (Å²) in [4.78, 5) is 16.2. The summed E-state index contributed by atoms with van der Waals surface area (Å²) in [7, 11) is 0. The molecule has 2 heterocycles. The molecule has 112 valence electrons. The minimum atomic E-state index is -0.0745. The Hall–Kier alpha value is -2.08. The Kier molecular flexibility index (Phi) is 4.06. The monoisotopic (exact) mass is 288 g/mol. The highest BCUT2D eigenvalue weighted by molar-refractivity contribution is 5.78. The number of aromatic nitrogens is 2. The molecule has 0 bridgehead atoms. The predicted molar refractivity (Wildman–Crippen MR) is 79.0 cm³/mol. The van der Waals surface area contributed by atoms with Gasteiger partial charge >= 0.3 is 0 Å². The van der Waals surface area contributed by atoms with E-state index in [1.807, 2.05) is 22.7 Å². The van der Waals surface area contributed by atoms with E-state index in [1.165, 1.54) is 12.8 Å². The molecule has 0 radical (unpaired) electrons. The van der Waals surface area contributed by atoms with Gasteiger partial charge in [0.25, 0.3) is 5.91 Å². The average molecular weight is 288 g/mol. The lowest BCUT2D eigenvalue weighted by Crippen LogP contribution is -2.36. The van der Waals surface area contributed by atoms with E-state index in [0.29, 0.717) is 24.0 Å². The molecule has 1 aliphatic carbocycles. The minimum Gasteiger partial charge on any atom is -0.480 e. The van der Waals surface area contributed by atoms with Gasteiger partial charge in [0.1, 0.15) is 0 Å². The molecule has 1 saturated carbocycles. The highest BCUT2D eigenvalue weighted by Gasteiger charge is 2.17. The van der Waals surface area contributed by atoms with Crippen LogP contribution in [-0.4, -0.2) is 27.9 Å². The Morgan fingerprint density at radius 1 is 1.48 bits per heavy atom. The van der Waals surface area contributed by atoms with Gasteiger partial charge in [0.15, 0.2) is 18.0 Å². The van der Waals surface area contributed by atoms with Crippen LogP contribution in [0.5, 0.6) is 5.75 Å². The number of fused-ring (bicyclic) bond motifs is 1. The molecule has 0 aromatic carbocycles. The summed E-state index contributed by atoms with van der Waals surface area (Å²) < 4.78 is 7.49. The molecule has 3 rings (SSSR count). The van der Waals surface area contributed by atoms with Crippen molar-refractivity contribution in [2.24, 2.45) is 5.73 Å². The van der Waals surface area contributed by atoms with Crippen LogP contribution in [0.3, 0.4) is 0 Å². The highest BCUT2D eigenvalue weighted by atomic mass is 16.5. The molecule has 0 spiro atoms. The van der Waals surface area contributed by atoms with Crippen molar-refractivity contribution in [3.8, 4) is 5.75 Å². The maximum absolute atomic E-state index is 11.9. The van der Waals surface area contributed by atoms with E-state index in [4.69, 9.17) is 10.5 Å². The topological polar surface area (TPSA) is 81.7 Å². The van der Waals surface area contributed by atoms with Gasteiger partial charge in [-0.1, -0.05) is 12.8 Å². The zero-order valence-corrected chi connectivity index (χ0v) is 11.9. The first-order valence-corrected chi connectivity index (χ1v) is 7.35. The van der Waals surface area contributed by atoms with E-state index >= 15 is 0 Å². The SMILES string of the molecule is NCc1cnc2c(OCC(=O)NC3CCCC3)cccn12. The van der Waals surface area contributed by atoms with Crippen LogP contribution >= 0.6 is 0 Å². The molecule has 0 unspecified atom stereocenters. The number of carbonyl (C=O) groups is 1. The lowest BCUT2D eigenvalue weighted by molar-refractivity contribution is -0.123. The maximum Gasteiger partial charge on any atom is 0.258 e. The Bertz CT molecular complexity index is 632. The molecule has 1 amide bonds. The summed E-state index contributed by atoms with van der Waals surface area (Å²) in [5, 5.41) is 3.00. The Morgan fingerprint density at radius 2 is 2.29 bits per heavy atom. The van der Waals surface area contributed by atoms with E-state index < -0.39 is 0 Å². The van der Waals surface area contributed by atoms with Gasteiger partial charge in [-0.3, -0.25) is 9.20 Å². The molecule has 1 aliphatic rings. The summed E-state index contributed by atoms with van der Waals surface area (Å²) in [5.74, 6) is 0.522. The van der Waals surface area contributed by atoms with Crippen molar-refractivity contribution >= 4 is 11.6 Å². The van der Waals surface area contributed by atoms with Crippen LogP contribution in [0.4, 0.5) is 0 Å². The second-order valence-corrected chi connectivity index (χ2v) is 5.36. The molecule has 0 aliphatic heterocycles. The summed E-state index contributed by atoms with van der Waals surface area (Å²) >= 11 is 0. The van der Waals surface area contributed by atoms with Gasteiger partial charge in [-0.15, -0.1) is 0 Å². The molecule has 2 aromatic heterocycles. The largest absolute Gasteiger partial charge is 0.480 e. The maximum atomic E-state index is 11.9. The number of nitrogens with one attached hydrogen (secondary N) is 1. The molecule has 3 N–H and O–H groups in total. The fourth-order valence-corrected chi connectivity index (χ4v) is 2.78. The first-order valence-electron chi connectivity index (χ1n) is 7.35.